The molecule has 3 N–H and O–H groups in total. The van der Waals surface area contributed by atoms with Crippen LogP contribution in [0.1, 0.15) is 31.0 Å². The van der Waals surface area contributed by atoms with Gasteiger partial charge in [-0.05, 0) is 36.2 Å². The maximum absolute atomic E-state index is 14.2. The highest BCUT2D eigenvalue weighted by Gasteiger charge is 2.33. The molecular formula is C33H37N5O4. The number of nitrogens with one attached hydrogen (secondary N) is 3. The number of para-hydroxylation sites is 3. The number of hydrogen-bond acceptors (Lipinski definition) is 6. The third kappa shape index (κ3) is 6.53. The molecule has 9 heteroatoms. The number of amides is 3. The van der Waals surface area contributed by atoms with Crippen LogP contribution in [0.25, 0.3) is 10.9 Å². The lowest BCUT2D eigenvalue weighted by atomic mass is 10.0. The number of aromatic amines is 1. The lowest BCUT2D eigenvalue weighted by molar-refractivity contribution is -0.131. The second kappa shape index (κ2) is 13.5. The van der Waals surface area contributed by atoms with Gasteiger partial charge in [0.2, 0.25) is 11.8 Å². The molecule has 1 aliphatic rings. The number of piperazine rings is 1. The van der Waals surface area contributed by atoms with Crippen molar-refractivity contribution in [1.82, 2.24) is 20.5 Å². The largest absolute Gasteiger partial charge is 0.492 e. The molecule has 1 aromatic heterocycles. The molecule has 2 atom stereocenters. The van der Waals surface area contributed by atoms with E-state index < -0.39 is 17.9 Å². The van der Waals surface area contributed by atoms with Crippen LogP contribution in [0.3, 0.4) is 0 Å². The second-order valence-corrected chi connectivity index (χ2v) is 10.4. The predicted octanol–water partition coefficient (Wildman–Crippen LogP) is 3.82. The maximum atomic E-state index is 14.2. The van der Waals surface area contributed by atoms with Crippen molar-refractivity contribution in [2.24, 2.45) is 0 Å². The van der Waals surface area contributed by atoms with Crippen LogP contribution in [0.4, 0.5) is 5.69 Å². The van der Waals surface area contributed by atoms with Gasteiger partial charge in [0, 0.05) is 56.1 Å². The molecule has 0 aliphatic carbocycles. The lowest BCUT2D eigenvalue weighted by Gasteiger charge is -2.36. The summed E-state index contributed by atoms with van der Waals surface area (Å²) in [5.41, 5.74) is 3.28. The highest BCUT2D eigenvalue weighted by molar-refractivity contribution is 6.17. The van der Waals surface area contributed by atoms with Crippen LogP contribution in [0.2, 0.25) is 0 Å². The molecule has 1 saturated heterocycles. The summed E-state index contributed by atoms with van der Waals surface area (Å²) in [5, 5.41) is 7.37. The molecule has 218 valence electrons. The van der Waals surface area contributed by atoms with Gasteiger partial charge in [-0.1, -0.05) is 60.7 Å². The van der Waals surface area contributed by atoms with E-state index in [0.29, 0.717) is 24.6 Å². The van der Waals surface area contributed by atoms with Crippen molar-refractivity contribution in [2.45, 2.75) is 32.4 Å². The Hall–Kier alpha value is -4.47. The van der Waals surface area contributed by atoms with Crippen LogP contribution in [-0.4, -0.2) is 66.4 Å². The van der Waals surface area contributed by atoms with Crippen molar-refractivity contribution in [1.29, 1.82) is 0 Å². The minimum atomic E-state index is -0.992. The number of carbonyl (C=O) groups excluding carboxylic acids is 3. The normalized spacial score (nSPS) is 16.1. The molecule has 4 aromatic rings. The minimum Gasteiger partial charge on any atom is -0.492 e. The van der Waals surface area contributed by atoms with Crippen LogP contribution in [0.15, 0.2) is 85.1 Å². The fourth-order valence-corrected chi connectivity index (χ4v) is 5.60. The van der Waals surface area contributed by atoms with E-state index in [0.717, 1.165) is 40.0 Å². The molecule has 1 fully saturated rings. The van der Waals surface area contributed by atoms with Crippen molar-refractivity contribution in [3.05, 3.63) is 96.2 Å². The van der Waals surface area contributed by atoms with Gasteiger partial charge in [-0.15, -0.1) is 0 Å². The first kappa shape index (κ1) is 29.0. The average molecular weight is 568 g/mol. The fourth-order valence-electron chi connectivity index (χ4n) is 5.60. The van der Waals surface area contributed by atoms with Crippen LogP contribution >= 0.6 is 0 Å². The van der Waals surface area contributed by atoms with E-state index >= 15 is 0 Å². The van der Waals surface area contributed by atoms with Gasteiger partial charge >= 0.3 is 0 Å². The van der Waals surface area contributed by atoms with Crippen molar-refractivity contribution in [2.75, 3.05) is 37.7 Å². The molecule has 0 spiro atoms. The zero-order valence-corrected chi connectivity index (χ0v) is 24.0. The smallest absolute Gasteiger partial charge is 0.256 e. The van der Waals surface area contributed by atoms with Crippen LogP contribution in [0, 0.1) is 0 Å². The van der Waals surface area contributed by atoms with Gasteiger partial charge in [0.25, 0.3) is 5.91 Å². The summed E-state index contributed by atoms with van der Waals surface area (Å²) in [7, 11) is 0. The second-order valence-electron chi connectivity index (χ2n) is 10.4. The Labute approximate surface area is 245 Å². The molecule has 3 aromatic carbocycles. The molecule has 2 heterocycles. The van der Waals surface area contributed by atoms with Gasteiger partial charge in [0.05, 0.1) is 18.8 Å². The Kier molecular flexibility index (Phi) is 9.31. The van der Waals surface area contributed by atoms with Gasteiger partial charge in [-0.3, -0.25) is 19.3 Å². The molecule has 0 saturated carbocycles. The Morgan fingerprint density at radius 1 is 1.02 bits per heavy atom. The summed E-state index contributed by atoms with van der Waals surface area (Å²) in [6, 6.07) is 23.9. The summed E-state index contributed by atoms with van der Waals surface area (Å²) in [4.78, 5) is 47.3. The van der Waals surface area contributed by atoms with E-state index in [9.17, 15) is 14.4 Å². The lowest BCUT2D eigenvalue weighted by Crippen LogP contribution is -2.55. The number of fused-ring (bicyclic) bond motifs is 1. The summed E-state index contributed by atoms with van der Waals surface area (Å²) in [6.07, 6.45) is 2.06. The number of carbonyl (C=O) groups is 3. The topological polar surface area (TPSA) is 107 Å². The van der Waals surface area contributed by atoms with Crippen LogP contribution < -0.4 is 20.3 Å². The molecule has 3 amide bonds. The van der Waals surface area contributed by atoms with Gasteiger partial charge in [0.1, 0.15) is 11.8 Å². The van der Waals surface area contributed by atoms with E-state index in [1.165, 1.54) is 6.92 Å². The Morgan fingerprint density at radius 2 is 1.76 bits per heavy atom. The zero-order valence-electron chi connectivity index (χ0n) is 24.0. The number of rotatable bonds is 10. The number of anilines is 1. The van der Waals surface area contributed by atoms with Crippen LogP contribution in [-0.2, 0) is 20.8 Å². The monoisotopic (exact) mass is 567 g/mol. The highest BCUT2D eigenvalue weighted by atomic mass is 16.5. The summed E-state index contributed by atoms with van der Waals surface area (Å²) in [6.45, 7) is 5.86. The Bertz CT molecular complexity index is 1540. The number of benzene rings is 3. The Morgan fingerprint density at radius 3 is 2.55 bits per heavy atom. The van der Waals surface area contributed by atoms with E-state index in [4.69, 9.17) is 4.74 Å². The zero-order chi connectivity index (χ0) is 29.5. The molecular weight excluding hydrogens is 530 g/mol. The van der Waals surface area contributed by atoms with E-state index in [-0.39, 0.29) is 24.9 Å². The number of H-pyrrole nitrogens is 1. The first-order chi connectivity index (χ1) is 20.5. The molecule has 2 unspecified atom stereocenters. The summed E-state index contributed by atoms with van der Waals surface area (Å²) < 4.78 is 5.75. The summed E-state index contributed by atoms with van der Waals surface area (Å²) in [5.74, 6) is -0.838. The number of nitrogens with zero attached hydrogens (tertiary/aromatic N) is 2. The van der Waals surface area contributed by atoms with Crippen molar-refractivity contribution in [3.63, 3.8) is 0 Å². The number of hydrogen-bond donors (Lipinski definition) is 3. The number of imide groups is 1. The van der Waals surface area contributed by atoms with Gasteiger partial charge < -0.3 is 20.4 Å². The molecule has 0 bridgehead atoms. The molecule has 42 heavy (non-hydrogen) atoms. The third-order valence-corrected chi connectivity index (χ3v) is 7.56. The molecule has 5 rings (SSSR count). The van der Waals surface area contributed by atoms with E-state index in [2.05, 4.69) is 32.7 Å². The standard InChI is InChI=1S/C33H37N5O4/c1-3-42-31-16-10-9-15-29(31)38(23(2)39)33(41)28(19-25-20-35-27-14-8-7-13-26(25)27)36-32(40)22-37-18-17-34-21-30(37)24-11-5-4-6-12-24/h4-16,20,28,30,34-35H,3,17-19,21-22H2,1-2H3,(H,36,40). The maximum Gasteiger partial charge on any atom is 0.256 e. The fraction of sp³-hybridized carbons (Fsp3) is 0.303. The highest BCUT2D eigenvalue weighted by Crippen LogP contribution is 2.30. The van der Waals surface area contributed by atoms with Gasteiger partial charge in [-0.2, -0.15) is 0 Å². The van der Waals surface area contributed by atoms with Crippen molar-refractivity contribution in [3.8, 4) is 5.75 Å². The van der Waals surface area contributed by atoms with Crippen molar-refractivity contribution >= 4 is 34.3 Å². The third-order valence-electron chi connectivity index (χ3n) is 7.56. The minimum absolute atomic E-state index is 0.0280. The van der Waals surface area contributed by atoms with Crippen LogP contribution in [0.5, 0.6) is 5.75 Å². The number of aromatic nitrogens is 1. The number of ether oxygens (including phenoxy) is 1. The average Bonchev–Trinajstić information content (AvgIpc) is 3.41. The quantitative estimate of drug-likeness (QED) is 0.269. The molecule has 0 radical (unpaired) electrons. The SMILES string of the molecule is CCOc1ccccc1N(C(C)=O)C(=O)C(Cc1c[nH]c2ccccc12)NC(=O)CN1CCNCC1c1ccccc1. The summed E-state index contributed by atoms with van der Waals surface area (Å²) >= 11 is 0. The first-order valence-electron chi connectivity index (χ1n) is 14.4. The van der Waals surface area contributed by atoms with E-state index in [1.807, 2.05) is 55.6 Å². The first-order valence-corrected chi connectivity index (χ1v) is 14.4. The molecule has 9 nitrogen and oxygen atoms in total. The van der Waals surface area contributed by atoms with Gasteiger partial charge in [-0.25, -0.2) is 4.90 Å². The van der Waals surface area contributed by atoms with Gasteiger partial charge in [0.15, 0.2) is 0 Å². The van der Waals surface area contributed by atoms with E-state index in [1.54, 1.807) is 24.3 Å². The Balaban J connectivity index is 1.44. The van der Waals surface area contributed by atoms with Crippen molar-refractivity contribution < 1.29 is 19.1 Å². The predicted molar refractivity (Wildman–Crippen MR) is 163 cm³/mol. The molecule has 1 aliphatic heterocycles.